The lowest BCUT2D eigenvalue weighted by molar-refractivity contribution is 0.0727. The Bertz CT molecular complexity index is 530. The highest BCUT2D eigenvalue weighted by molar-refractivity contribution is 8.14. The van der Waals surface area contributed by atoms with Gasteiger partial charge in [0.25, 0.3) is 5.91 Å². The number of halogens is 1. The first-order valence-electron chi connectivity index (χ1n) is 5.76. The Morgan fingerprint density at radius 1 is 1.28 bits per heavy atom. The number of piperidine rings is 1. The van der Waals surface area contributed by atoms with Crippen molar-refractivity contribution in [1.82, 2.24) is 4.90 Å². The first kappa shape index (κ1) is 13.4. The van der Waals surface area contributed by atoms with Crippen LogP contribution in [0.25, 0.3) is 0 Å². The van der Waals surface area contributed by atoms with Crippen molar-refractivity contribution in [2.24, 2.45) is 0 Å². The van der Waals surface area contributed by atoms with Crippen molar-refractivity contribution in [2.45, 2.75) is 18.1 Å². The van der Waals surface area contributed by atoms with Gasteiger partial charge in [-0.15, -0.1) is 0 Å². The Kier molecular flexibility index (Phi) is 3.92. The average Bonchev–Trinajstić information content (AvgIpc) is 2.38. The predicted octanol–water partition coefficient (Wildman–Crippen LogP) is 1.86. The van der Waals surface area contributed by atoms with E-state index in [1.54, 1.807) is 29.2 Å². The fraction of sp³-hybridized carbons (Fsp3) is 0.417. The van der Waals surface area contributed by atoms with Gasteiger partial charge in [0.15, 0.2) is 0 Å². The molecule has 2 rings (SSSR count). The first-order chi connectivity index (χ1) is 8.48. The van der Waals surface area contributed by atoms with Gasteiger partial charge in [-0.2, -0.15) is 0 Å². The quantitative estimate of drug-likeness (QED) is 0.780. The average molecular weight is 288 g/mol. The van der Waals surface area contributed by atoms with Gasteiger partial charge in [-0.05, 0) is 25.0 Å². The van der Waals surface area contributed by atoms with Crippen molar-refractivity contribution in [1.29, 1.82) is 0 Å². The molecule has 1 atom stereocenters. The molecule has 1 aromatic carbocycles. The van der Waals surface area contributed by atoms with Gasteiger partial charge >= 0.3 is 0 Å². The maximum atomic E-state index is 12.2. The maximum Gasteiger partial charge on any atom is 0.253 e. The fourth-order valence-electron chi connectivity index (χ4n) is 2.12. The number of hydrogen-bond acceptors (Lipinski definition) is 3. The second-order valence-corrected chi connectivity index (χ2v) is 7.27. The number of amides is 1. The number of hydrogen-bond donors (Lipinski definition) is 0. The van der Waals surface area contributed by atoms with Crippen LogP contribution < -0.4 is 0 Å². The van der Waals surface area contributed by atoms with Gasteiger partial charge in [-0.3, -0.25) is 4.79 Å². The Balaban J connectivity index is 2.13. The zero-order chi connectivity index (χ0) is 13.2. The van der Waals surface area contributed by atoms with Gasteiger partial charge in [-0.1, -0.05) is 18.2 Å². The number of rotatable bonds is 2. The lowest BCUT2D eigenvalue weighted by Gasteiger charge is -2.31. The molecular weight excluding hydrogens is 274 g/mol. The standard InChI is InChI=1S/C12H14ClNO3S/c13-18(16,17)11-7-4-8-14(9-11)12(15)10-5-2-1-3-6-10/h1-3,5-6,11H,4,7-9H2/t11-/m0/s1. The minimum absolute atomic E-state index is 0.138. The second-order valence-electron chi connectivity index (χ2n) is 4.36. The van der Waals surface area contributed by atoms with Crippen molar-refractivity contribution in [2.75, 3.05) is 13.1 Å². The Morgan fingerprint density at radius 3 is 2.56 bits per heavy atom. The highest BCUT2D eigenvalue weighted by Crippen LogP contribution is 2.21. The summed E-state index contributed by atoms with van der Waals surface area (Å²) in [6.45, 7) is 0.760. The number of carbonyl (C=O) groups is 1. The number of likely N-dealkylation sites (tertiary alicyclic amines) is 1. The maximum absolute atomic E-state index is 12.2. The van der Waals surface area contributed by atoms with Gasteiger partial charge < -0.3 is 4.90 Å². The van der Waals surface area contributed by atoms with Crippen LogP contribution in [-0.4, -0.2) is 37.6 Å². The number of nitrogens with zero attached hydrogens (tertiary/aromatic N) is 1. The normalized spacial score (nSPS) is 20.7. The van der Waals surface area contributed by atoms with E-state index in [0.29, 0.717) is 24.9 Å². The molecule has 0 saturated carbocycles. The molecule has 6 heteroatoms. The van der Waals surface area contributed by atoms with Gasteiger partial charge in [0.05, 0.1) is 5.25 Å². The van der Waals surface area contributed by atoms with Crippen LogP contribution in [0.2, 0.25) is 0 Å². The number of carbonyl (C=O) groups excluding carboxylic acids is 1. The summed E-state index contributed by atoms with van der Waals surface area (Å²) in [5.41, 5.74) is 0.574. The number of benzene rings is 1. The highest BCUT2D eigenvalue weighted by Gasteiger charge is 2.31. The summed E-state index contributed by atoms with van der Waals surface area (Å²) in [5.74, 6) is -0.138. The second kappa shape index (κ2) is 5.28. The van der Waals surface area contributed by atoms with Gasteiger partial charge in [-0.25, -0.2) is 8.42 Å². The molecule has 0 aliphatic carbocycles. The van der Waals surface area contributed by atoms with E-state index in [9.17, 15) is 13.2 Å². The molecular formula is C12H14ClNO3S. The van der Waals surface area contributed by atoms with E-state index in [1.807, 2.05) is 6.07 Å². The molecule has 4 nitrogen and oxygen atoms in total. The van der Waals surface area contributed by atoms with Crippen molar-refractivity contribution in [3.05, 3.63) is 35.9 Å². The zero-order valence-corrected chi connectivity index (χ0v) is 11.3. The summed E-state index contributed by atoms with van der Waals surface area (Å²) in [4.78, 5) is 13.7. The predicted molar refractivity (Wildman–Crippen MR) is 70.1 cm³/mol. The molecule has 0 radical (unpaired) electrons. The largest absolute Gasteiger partial charge is 0.337 e. The highest BCUT2D eigenvalue weighted by atomic mass is 35.7. The molecule has 0 aromatic heterocycles. The van der Waals surface area contributed by atoms with Gasteiger partial charge in [0.2, 0.25) is 9.05 Å². The van der Waals surface area contributed by atoms with Crippen LogP contribution in [0.3, 0.4) is 0 Å². The van der Waals surface area contributed by atoms with E-state index < -0.39 is 14.3 Å². The van der Waals surface area contributed by atoms with E-state index in [0.717, 1.165) is 0 Å². The molecule has 1 aromatic rings. The van der Waals surface area contributed by atoms with Crippen LogP contribution in [0.1, 0.15) is 23.2 Å². The van der Waals surface area contributed by atoms with Crippen LogP contribution in [0.15, 0.2) is 30.3 Å². The third-order valence-corrected chi connectivity index (χ3v) is 5.02. The SMILES string of the molecule is O=C(c1ccccc1)N1CCC[C@H](S(=O)(=O)Cl)C1. The Hall–Kier alpha value is -1.07. The molecule has 0 spiro atoms. The smallest absolute Gasteiger partial charge is 0.253 e. The molecule has 18 heavy (non-hydrogen) atoms. The molecule has 1 saturated heterocycles. The monoisotopic (exact) mass is 287 g/mol. The van der Waals surface area contributed by atoms with Crippen LogP contribution in [0.4, 0.5) is 0 Å². The summed E-state index contributed by atoms with van der Waals surface area (Å²) < 4.78 is 22.6. The molecule has 0 unspecified atom stereocenters. The lowest BCUT2D eigenvalue weighted by atomic mass is 10.1. The van der Waals surface area contributed by atoms with Crippen molar-refractivity contribution in [3.63, 3.8) is 0 Å². The molecule has 1 aliphatic heterocycles. The van der Waals surface area contributed by atoms with Gasteiger partial charge in [0, 0.05) is 29.3 Å². The first-order valence-corrected chi connectivity index (χ1v) is 8.13. The summed E-state index contributed by atoms with van der Waals surface area (Å²) in [6, 6.07) is 8.85. The Morgan fingerprint density at radius 2 is 1.94 bits per heavy atom. The molecule has 0 bridgehead atoms. The summed E-state index contributed by atoms with van der Waals surface area (Å²) in [6.07, 6.45) is 1.18. The molecule has 98 valence electrons. The fourth-order valence-corrected chi connectivity index (χ4v) is 3.36. The summed E-state index contributed by atoms with van der Waals surface area (Å²) >= 11 is 0. The molecule has 1 heterocycles. The zero-order valence-electron chi connectivity index (χ0n) is 9.75. The van der Waals surface area contributed by atoms with Crippen LogP contribution in [-0.2, 0) is 9.05 Å². The third kappa shape index (κ3) is 3.03. The lowest BCUT2D eigenvalue weighted by Crippen LogP contribution is -2.44. The molecule has 1 aliphatic rings. The molecule has 1 fully saturated rings. The minimum atomic E-state index is -3.60. The van der Waals surface area contributed by atoms with Crippen LogP contribution in [0.5, 0.6) is 0 Å². The molecule has 1 amide bonds. The van der Waals surface area contributed by atoms with E-state index >= 15 is 0 Å². The van der Waals surface area contributed by atoms with Gasteiger partial charge in [0.1, 0.15) is 0 Å². The van der Waals surface area contributed by atoms with E-state index in [2.05, 4.69) is 0 Å². The Labute approximate surface area is 111 Å². The minimum Gasteiger partial charge on any atom is -0.337 e. The third-order valence-electron chi connectivity index (χ3n) is 3.08. The van der Waals surface area contributed by atoms with E-state index in [4.69, 9.17) is 10.7 Å². The van der Waals surface area contributed by atoms with Crippen molar-refractivity contribution < 1.29 is 13.2 Å². The van der Waals surface area contributed by atoms with E-state index in [-0.39, 0.29) is 12.5 Å². The summed E-state index contributed by atoms with van der Waals surface area (Å²) in [7, 11) is 1.77. The van der Waals surface area contributed by atoms with Crippen LogP contribution >= 0.6 is 10.7 Å². The van der Waals surface area contributed by atoms with Crippen LogP contribution in [0, 0.1) is 0 Å². The van der Waals surface area contributed by atoms with E-state index in [1.165, 1.54) is 0 Å². The topological polar surface area (TPSA) is 54.5 Å². The van der Waals surface area contributed by atoms with Crippen molar-refractivity contribution in [3.8, 4) is 0 Å². The summed E-state index contributed by atoms with van der Waals surface area (Å²) in [5, 5.41) is -0.652. The van der Waals surface area contributed by atoms with Crippen molar-refractivity contribution >= 4 is 25.6 Å². The molecule has 0 N–H and O–H groups in total.